The average Bonchev–Trinajstić information content (AvgIpc) is 1.66. The highest BCUT2D eigenvalue weighted by molar-refractivity contribution is 5.85. The van der Waals surface area contributed by atoms with Gasteiger partial charge in [0.05, 0.1) is 25.7 Å². The summed E-state index contributed by atoms with van der Waals surface area (Å²) in [5, 5.41) is 92.1. The number of halogens is 1. The van der Waals surface area contributed by atoms with Crippen LogP contribution in [0.1, 0.15) is 60.6 Å². The molecular formula is C64H91FN12O21. The number of nitrogens with zero attached hydrogens (tertiary/aromatic N) is 2. The average molecular weight is 1380 g/mol. The molecule has 1 aliphatic carbocycles. The van der Waals surface area contributed by atoms with Crippen LogP contribution in [0.15, 0.2) is 128 Å². The fourth-order valence-electron chi connectivity index (χ4n) is 7.04. The van der Waals surface area contributed by atoms with Gasteiger partial charge in [0.25, 0.3) is 0 Å². The van der Waals surface area contributed by atoms with Crippen LogP contribution in [-0.2, 0) is 80.7 Å². The lowest BCUT2D eigenvalue weighted by Crippen LogP contribution is -2.39. The SMILES string of the molecule is C[C@H](O)[C@@H](N)C(=O)O.Cc1ccc(C[C@H](N)C(=O)O)cn1.Cn1cc(C[C@H](N)C(=O)O)c2ccccc21.NC(=O)C[C@@H](N)C(=O)O.NCC(=O)O.N[C@@H](CC1CC1)C(=O)O.N[C@@H](Cc1ccc(-c2ccccc2)cc1)C(=O)O.N[C@@H](Cc1ccc(F)cc1)C(=O)O.N[C@H](CO)C(=O)O. The van der Waals surface area contributed by atoms with Crippen LogP contribution in [0.25, 0.3) is 22.0 Å². The number of nitrogens with two attached hydrogens (primary N) is 10. The van der Waals surface area contributed by atoms with Crippen molar-refractivity contribution in [2.24, 2.45) is 70.3 Å². The number of carbonyl (C=O) groups excluding carboxylic acids is 1. The number of primary amides is 1. The maximum absolute atomic E-state index is 12.4. The Morgan fingerprint density at radius 2 is 0.908 bits per heavy atom. The van der Waals surface area contributed by atoms with Gasteiger partial charge in [0, 0.05) is 42.5 Å². The van der Waals surface area contributed by atoms with E-state index in [2.05, 4.69) is 16.5 Å². The van der Waals surface area contributed by atoms with Gasteiger partial charge >= 0.3 is 53.7 Å². The molecule has 2 heterocycles. The van der Waals surface area contributed by atoms with Gasteiger partial charge in [0.1, 0.15) is 54.2 Å². The van der Waals surface area contributed by atoms with Crippen molar-refractivity contribution in [1.82, 2.24) is 9.55 Å². The highest BCUT2D eigenvalue weighted by Crippen LogP contribution is 2.33. The minimum absolute atomic E-state index is 0.218. The highest BCUT2D eigenvalue weighted by atomic mass is 19.1. The smallest absolute Gasteiger partial charge is 0.323 e. The zero-order valence-electron chi connectivity index (χ0n) is 54.0. The summed E-state index contributed by atoms with van der Waals surface area (Å²) in [5.74, 6) is -9.82. The summed E-state index contributed by atoms with van der Waals surface area (Å²) in [4.78, 5) is 105. The summed E-state index contributed by atoms with van der Waals surface area (Å²) in [6, 6.07) is 27.5. The number of hydrogen-bond donors (Lipinski definition) is 21. The van der Waals surface area contributed by atoms with Crippen molar-refractivity contribution in [3.8, 4) is 11.1 Å². The first-order valence-corrected chi connectivity index (χ1v) is 29.4. The van der Waals surface area contributed by atoms with Gasteiger partial charge in [-0.3, -0.25) is 52.9 Å². The number of carboxylic acid groups (broad SMARTS) is 9. The number of pyridine rings is 1. The molecule has 1 aliphatic rings. The van der Waals surface area contributed by atoms with Crippen molar-refractivity contribution >= 4 is 70.5 Å². The number of aliphatic hydroxyl groups excluding tert-OH is 2. The Hall–Kier alpha value is -10.2. The van der Waals surface area contributed by atoms with E-state index in [1.54, 1.807) is 6.20 Å². The quantitative estimate of drug-likeness (QED) is 0.0354. The number of aromatic nitrogens is 2. The van der Waals surface area contributed by atoms with E-state index in [0.29, 0.717) is 31.6 Å². The second kappa shape index (κ2) is 48.5. The number of carbonyl (C=O) groups is 10. The van der Waals surface area contributed by atoms with Crippen molar-refractivity contribution in [1.29, 1.82) is 0 Å². The van der Waals surface area contributed by atoms with Gasteiger partial charge in [-0.1, -0.05) is 104 Å². The van der Waals surface area contributed by atoms with Crippen LogP contribution in [0, 0.1) is 18.7 Å². The molecule has 0 aliphatic heterocycles. The number of amides is 1. The van der Waals surface area contributed by atoms with Crippen molar-refractivity contribution < 1.29 is 109 Å². The third-order valence-electron chi connectivity index (χ3n) is 12.8. The number of carboxylic acids is 9. The molecule has 31 N–H and O–H groups in total. The number of rotatable bonds is 24. The number of hydrogen-bond acceptors (Lipinski definition) is 22. The number of benzene rings is 4. The Kier molecular flexibility index (Phi) is 44.4. The molecule has 98 heavy (non-hydrogen) atoms. The van der Waals surface area contributed by atoms with E-state index >= 15 is 0 Å². The van der Waals surface area contributed by atoms with Crippen LogP contribution < -0.4 is 57.3 Å². The van der Waals surface area contributed by atoms with Crippen LogP contribution in [0.5, 0.6) is 0 Å². The molecule has 7 rings (SSSR count). The monoisotopic (exact) mass is 1380 g/mol. The molecule has 1 saturated carbocycles. The van der Waals surface area contributed by atoms with Crippen molar-refractivity contribution in [2.75, 3.05) is 13.2 Å². The van der Waals surface area contributed by atoms with Gasteiger partial charge in [-0.05, 0) is 103 Å². The predicted molar refractivity (Wildman–Crippen MR) is 356 cm³/mol. The Bertz CT molecular complexity index is 3340. The molecule has 1 fully saturated rings. The molecule has 34 heteroatoms. The normalized spacial score (nSPS) is 13.5. The molecule has 2 aromatic heterocycles. The largest absolute Gasteiger partial charge is 0.480 e. The van der Waals surface area contributed by atoms with Crippen LogP contribution in [-0.4, -0.2) is 193 Å². The minimum Gasteiger partial charge on any atom is -0.480 e. The van der Waals surface area contributed by atoms with Crippen LogP contribution in [0.3, 0.4) is 0 Å². The number of para-hydroxylation sites is 1. The highest BCUT2D eigenvalue weighted by Gasteiger charge is 2.26. The van der Waals surface area contributed by atoms with Crippen molar-refractivity contribution in [3.05, 3.63) is 161 Å². The van der Waals surface area contributed by atoms with Gasteiger partial charge in [-0.2, -0.15) is 0 Å². The molecule has 4 aromatic carbocycles. The number of aliphatic hydroxyl groups is 2. The molecule has 0 spiro atoms. The summed E-state index contributed by atoms with van der Waals surface area (Å²) >= 11 is 0. The Labute approximate surface area is 562 Å². The van der Waals surface area contributed by atoms with Gasteiger partial charge in [0.2, 0.25) is 5.91 Å². The molecule has 0 unspecified atom stereocenters. The summed E-state index contributed by atoms with van der Waals surface area (Å²) in [5.41, 5.74) is 58.5. The maximum atomic E-state index is 12.4. The summed E-state index contributed by atoms with van der Waals surface area (Å²) in [7, 11) is 1.94. The predicted octanol–water partition coefficient (Wildman–Crippen LogP) is -0.763. The fraction of sp³-hybridized carbons (Fsp3) is 0.359. The van der Waals surface area contributed by atoms with Crippen LogP contribution in [0.4, 0.5) is 4.39 Å². The van der Waals surface area contributed by atoms with E-state index < -0.39 is 121 Å². The third kappa shape index (κ3) is 41.6. The van der Waals surface area contributed by atoms with Gasteiger partial charge in [-0.15, -0.1) is 0 Å². The lowest BCUT2D eigenvalue weighted by Gasteiger charge is -2.07. The van der Waals surface area contributed by atoms with Gasteiger partial charge in [-0.25, -0.2) is 4.39 Å². The van der Waals surface area contributed by atoms with Crippen LogP contribution in [0.2, 0.25) is 0 Å². The van der Waals surface area contributed by atoms with Crippen molar-refractivity contribution in [2.45, 2.75) is 120 Å². The van der Waals surface area contributed by atoms with Crippen LogP contribution >= 0.6 is 0 Å². The topological polar surface area (TPSA) is 671 Å². The lowest BCUT2D eigenvalue weighted by molar-refractivity contribution is -0.141. The van der Waals surface area contributed by atoms with E-state index in [-0.39, 0.29) is 25.2 Å². The molecular weight excluding hydrogens is 1290 g/mol. The second-order valence-corrected chi connectivity index (χ2v) is 21.4. The molecule has 6 aromatic rings. The minimum atomic E-state index is -1.21. The number of fused-ring (bicyclic) bond motifs is 1. The molecule has 0 radical (unpaired) electrons. The lowest BCUT2D eigenvalue weighted by atomic mass is 10.0. The van der Waals surface area contributed by atoms with E-state index in [1.165, 1.54) is 44.0 Å². The summed E-state index contributed by atoms with van der Waals surface area (Å²) in [6.07, 6.45) is 6.55. The standard InChI is InChI=1S/C15H15NO2.C12H14N2O2.C9H10FNO2.C9H12N2O2.C6H11NO2.C4H8N2O3.C4H9NO3.C3H7NO3.C2H5NO2/c16-14(15(17)18)10-11-6-8-13(9-7-11)12-4-2-1-3-5-12;1-14-7-8(6-10(13)12(15)16)9-4-2-3-5-11(9)14;10-7-3-1-6(2-4-7)5-8(11)9(12)13;1-6-2-3-7(5-11-6)4-8(10)9(12)13;7-5(6(8)9)3-4-1-2-4;5-2(4(8)9)1-3(6)7;1-2(6)3(5)4(7)8;4-2(1-5)3(6)7;3-1-2(4)5/h1-9,14H,10,16H2,(H,17,18);2-5,7,10H,6,13H2,1H3,(H,15,16);1-4,8H,5,11H2,(H,12,13);2-3,5,8H,4,10H2,1H3,(H,12,13);4-5H,1-3,7H2,(H,8,9);2H,1,5H2,(H2,6,7)(H,8,9);2-3,6H,5H2,1H3,(H,7,8);2,5H,1,4H2,(H,6,7);1,3H2,(H,4,5)/t14-;10-;2*8-;5-;2-;2-,3+;2-;/m00000101./s1. The maximum Gasteiger partial charge on any atom is 0.323 e. The van der Waals surface area contributed by atoms with E-state index in [9.17, 15) is 52.3 Å². The molecule has 9 atom stereocenters. The van der Waals surface area contributed by atoms with E-state index in [1.807, 2.05) is 116 Å². The van der Waals surface area contributed by atoms with Gasteiger partial charge in [0.15, 0.2) is 0 Å². The molecule has 0 bridgehead atoms. The van der Waals surface area contributed by atoms with E-state index in [0.717, 1.165) is 50.0 Å². The molecule has 1 amide bonds. The summed E-state index contributed by atoms with van der Waals surface area (Å²) < 4.78 is 14.4. The first-order chi connectivity index (χ1) is 45.7. The van der Waals surface area contributed by atoms with Crippen molar-refractivity contribution in [3.63, 3.8) is 0 Å². The number of aryl methyl sites for hydroxylation is 2. The molecule has 540 valence electrons. The Morgan fingerprint density at radius 3 is 1.24 bits per heavy atom. The first-order valence-electron chi connectivity index (χ1n) is 29.4. The summed E-state index contributed by atoms with van der Waals surface area (Å²) in [6.45, 7) is 2.43. The number of aliphatic carboxylic acids is 9. The molecule has 33 nitrogen and oxygen atoms in total. The molecule has 0 saturated heterocycles. The Morgan fingerprint density at radius 1 is 0.520 bits per heavy atom. The zero-order chi connectivity index (χ0) is 75.5. The van der Waals surface area contributed by atoms with E-state index in [4.69, 9.17) is 102 Å². The first kappa shape index (κ1) is 89.8. The fourth-order valence-corrected chi connectivity index (χ4v) is 7.04. The second-order valence-electron chi connectivity index (χ2n) is 21.4. The third-order valence-corrected chi connectivity index (χ3v) is 12.8. The zero-order valence-corrected chi connectivity index (χ0v) is 54.0. The Balaban J connectivity index is 0. The van der Waals surface area contributed by atoms with Gasteiger partial charge < -0.3 is 118 Å².